The van der Waals surface area contributed by atoms with Crippen molar-refractivity contribution in [1.29, 1.82) is 0 Å². The first kappa shape index (κ1) is 13.1. The molecule has 1 aromatic heterocycles. The Hall–Kier alpha value is -1.37. The second-order valence-electron chi connectivity index (χ2n) is 4.07. The summed E-state index contributed by atoms with van der Waals surface area (Å²) in [6.07, 6.45) is 1.02. The minimum absolute atomic E-state index is 0.0979. The van der Waals surface area contributed by atoms with Gasteiger partial charge in [0.25, 0.3) is 0 Å². The first-order valence-corrected chi connectivity index (χ1v) is 6.47. The van der Waals surface area contributed by atoms with Gasteiger partial charge in [-0.25, -0.2) is 9.37 Å². The molecule has 0 spiro atoms. The van der Waals surface area contributed by atoms with Gasteiger partial charge in [0.15, 0.2) is 0 Å². The predicted octanol–water partition coefficient (Wildman–Crippen LogP) is 1.10. The number of halogens is 1. The molecule has 6 heteroatoms. The molecule has 1 aromatic carbocycles. The van der Waals surface area contributed by atoms with Crippen molar-refractivity contribution in [2.24, 2.45) is 11.5 Å². The fourth-order valence-electron chi connectivity index (χ4n) is 1.56. The minimum Gasteiger partial charge on any atom is -0.329 e. The van der Waals surface area contributed by atoms with Crippen LogP contribution >= 0.6 is 11.5 Å². The lowest BCUT2D eigenvalue weighted by molar-refractivity contribution is 0.612. The van der Waals surface area contributed by atoms with E-state index in [1.54, 1.807) is 18.2 Å². The van der Waals surface area contributed by atoms with E-state index in [9.17, 15) is 4.39 Å². The van der Waals surface area contributed by atoms with Crippen molar-refractivity contribution in [3.05, 3.63) is 46.5 Å². The zero-order chi connectivity index (χ0) is 13.0. The molecule has 2 rings (SSSR count). The largest absolute Gasteiger partial charge is 0.329 e. The smallest absolute Gasteiger partial charge is 0.147 e. The predicted molar refractivity (Wildman–Crippen MR) is 69.8 cm³/mol. The number of hydrogen-bond acceptors (Lipinski definition) is 5. The van der Waals surface area contributed by atoms with Crippen LogP contribution < -0.4 is 11.5 Å². The van der Waals surface area contributed by atoms with E-state index in [1.807, 2.05) is 0 Å². The van der Waals surface area contributed by atoms with Crippen LogP contribution in [0.15, 0.2) is 24.3 Å². The molecule has 1 heterocycles. The molecule has 0 amide bonds. The number of nitrogens with two attached hydrogens (primary N) is 2. The summed E-state index contributed by atoms with van der Waals surface area (Å²) >= 11 is 1.30. The molecule has 0 bridgehead atoms. The van der Waals surface area contributed by atoms with Crippen LogP contribution in [0, 0.1) is 5.82 Å². The van der Waals surface area contributed by atoms with Crippen molar-refractivity contribution in [3.8, 4) is 0 Å². The summed E-state index contributed by atoms with van der Waals surface area (Å²) in [7, 11) is 0. The maximum atomic E-state index is 13.5. The normalized spacial score (nSPS) is 12.6. The van der Waals surface area contributed by atoms with Crippen LogP contribution in [0.5, 0.6) is 0 Å². The SMILES string of the molecule is NCC(N)Cc1nc(Cc2ccccc2F)ns1. The van der Waals surface area contributed by atoms with Gasteiger partial charge in [-0.2, -0.15) is 4.37 Å². The van der Waals surface area contributed by atoms with E-state index in [0.29, 0.717) is 30.8 Å². The number of rotatable bonds is 5. The maximum Gasteiger partial charge on any atom is 0.147 e. The Morgan fingerprint density at radius 2 is 2.11 bits per heavy atom. The van der Waals surface area contributed by atoms with Gasteiger partial charge in [0.1, 0.15) is 16.6 Å². The standard InChI is InChI=1S/C12H15FN4S/c13-10-4-2-1-3-8(10)5-11-16-12(18-17-11)6-9(15)7-14/h1-4,9H,5-7,14-15H2. The maximum absolute atomic E-state index is 13.5. The van der Waals surface area contributed by atoms with E-state index in [1.165, 1.54) is 17.6 Å². The van der Waals surface area contributed by atoms with E-state index in [0.717, 1.165) is 5.01 Å². The summed E-state index contributed by atoms with van der Waals surface area (Å²) in [5.74, 6) is 0.400. The summed E-state index contributed by atoms with van der Waals surface area (Å²) in [6.45, 7) is 0.419. The molecule has 0 radical (unpaired) electrons. The third-order valence-electron chi connectivity index (χ3n) is 2.56. The summed E-state index contributed by atoms with van der Waals surface area (Å²) in [4.78, 5) is 4.34. The summed E-state index contributed by atoms with van der Waals surface area (Å²) in [5.41, 5.74) is 11.8. The van der Waals surface area contributed by atoms with Gasteiger partial charge in [-0.1, -0.05) is 18.2 Å². The van der Waals surface area contributed by atoms with Crippen molar-refractivity contribution in [2.75, 3.05) is 6.54 Å². The second kappa shape index (κ2) is 5.99. The Balaban J connectivity index is 2.05. The average Bonchev–Trinajstić information content (AvgIpc) is 2.79. The summed E-state index contributed by atoms with van der Waals surface area (Å²) in [6, 6.07) is 6.54. The minimum atomic E-state index is -0.229. The van der Waals surface area contributed by atoms with E-state index in [2.05, 4.69) is 9.36 Å². The van der Waals surface area contributed by atoms with Crippen molar-refractivity contribution < 1.29 is 4.39 Å². The fraction of sp³-hybridized carbons (Fsp3) is 0.333. The highest BCUT2D eigenvalue weighted by molar-refractivity contribution is 7.05. The molecule has 4 nitrogen and oxygen atoms in total. The van der Waals surface area contributed by atoms with Gasteiger partial charge in [0.05, 0.1) is 0 Å². The average molecular weight is 266 g/mol. The van der Waals surface area contributed by atoms with Gasteiger partial charge in [-0.15, -0.1) is 0 Å². The van der Waals surface area contributed by atoms with Crippen LogP contribution in [0.1, 0.15) is 16.4 Å². The van der Waals surface area contributed by atoms with E-state index >= 15 is 0 Å². The lowest BCUT2D eigenvalue weighted by Gasteiger charge is -2.03. The second-order valence-corrected chi connectivity index (χ2v) is 4.91. The van der Waals surface area contributed by atoms with Crippen LogP contribution in [-0.2, 0) is 12.8 Å². The van der Waals surface area contributed by atoms with Crippen LogP contribution in [0.3, 0.4) is 0 Å². The molecule has 96 valence electrons. The Morgan fingerprint density at radius 1 is 1.33 bits per heavy atom. The zero-order valence-corrected chi connectivity index (χ0v) is 10.7. The molecule has 2 aromatic rings. The third-order valence-corrected chi connectivity index (χ3v) is 3.33. The third kappa shape index (κ3) is 3.32. The fourth-order valence-corrected chi connectivity index (χ4v) is 2.32. The number of nitrogens with zero attached hydrogens (tertiary/aromatic N) is 2. The molecule has 0 fully saturated rings. The molecular formula is C12H15FN4S. The van der Waals surface area contributed by atoms with Gasteiger partial charge in [-0.3, -0.25) is 0 Å². The molecule has 0 saturated heterocycles. The number of aromatic nitrogens is 2. The van der Waals surface area contributed by atoms with Gasteiger partial charge >= 0.3 is 0 Å². The van der Waals surface area contributed by atoms with Crippen LogP contribution in [0.25, 0.3) is 0 Å². The Bertz CT molecular complexity index is 514. The molecular weight excluding hydrogens is 251 g/mol. The molecule has 1 atom stereocenters. The molecule has 4 N–H and O–H groups in total. The monoisotopic (exact) mass is 266 g/mol. The van der Waals surface area contributed by atoms with Crippen molar-refractivity contribution in [2.45, 2.75) is 18.9 Å². The summed E-state index contributed by atoms with van der Waals surface area (Å²) < 4.78 is 17.7. The zero-order valence-electron chi connectivity index (χ0n) is 9.84. The number of hydrogen-bond donors (Lipinski definition) is 2. The quantitative estimate of drug-likeness (QED) is 0.849. The first-order valence-electron chi connectivity index (χ1n) is 5.69. The van der Waals surface area contributed by atoms with E-state index in [-0.39, 0.29) is 11.9 Å². The Kier molecular flexibility index (Phi) is 4.35. The van der Waals surface area contributed by atoms with Crippen LogP contribution in [-0.4, -0.2) is 21.9 Å². The van der Waals surface area contributed by atoms with Crippen molar-refractivity contribution in [3.63, 3.8) is 0 Å². The van der Waals surface area contributed by atoms with Crippen molar-refractivity contribution >= 4 is 11.5 Å². The summed E-state index contributed by atoms with van der Waals surface area (Å²) in [5, 5.41) is 0.847. The highest BCUT2D eigenvalue weighted by atomic mass is 32.1. The van der Waals surface area contributed by atoms with Gasteiger partial charge < -0.3 is 11.5 Å². The lowest BCUT2D eigenvalue weighted by Crippen LogP contribution is -2.31. The highest BCUT2D eigenvalue weighted by Gasteiger charge is 2.10. The van der Waals surface area contributed by atoms with Gasteiger partial charge in [-0.05, 0) is 23.2 Å². The van der Waals surface area contributed by atoms with Gasteiger partial charge in [0.2, 0.25) is 0 Å². The molecule has 1 unspecified atom stereocenters. The lowest BCUT2D eigenvalue weighted by atomic mass is 10.1. The molecule has 0 aliphatic rings. The van der Waals surface area contributed by atoms with Crippen LogP contribution in [0.4, 0.5) is 4.39 Å². The van der Waals surface area contributed by atoms with E-state index < -0.39 is 0 Å². The topological polar surface area (TPSA) is 77.8 Å². The first-order chi connectivity index (χ1) is 8.69. The van der Waals surface area contributed by atoms with Gasteiger partial charge in [0, 0.05) is 25.4 Å². The van der Waals surface area contributed by atoms with Crippen molar-refractivity contribution in [1.82, 2.24) is 9.36 Å². The molecule has 0 saturated carbocycles. The van der Waals surface area contributed by atoms with Crippen LogP contribution in [0.2, 0.25) is 0 Å². The highest BCUT2D eigenvalue weighted by Crippen LogP contribution is 2.13. The Labute approximate surface area is 109 Å². The molecule has 0 aliphatic carbocycles. The molecule has 0 aliphatic heterocycles. The molecule has 18 heavy (non-hydrogen) atoms. The Morgan fingerprint density at radius 3 is 2.83 bits per heavy atom. The number of benzene rings is 1. The van der Waals surface area contributed by atoms with E-state index in [4.69, 9.17) is 11.5 Å².